The van der Waals surface area contributed by atoms with E-state index in [9.17, 15) is 24.4 Å². The zero-order chi connectivity index (χ0) is 25.3. The fourth-order valence-electron chi connectivity index (χ4n) is 3.89. The summed E-state index contributed by atoms with van der Waals surface area (Å²) in [5, 5.41) is 33.9. The first-order chi connectivity index (χ1) is 16.6. The molecule has 1 aliphatic rings. The molecule has 0 radical (unpaired) electrons. The van der Waals surface area contributed by atoms with Crippen LogP contribution in [0.1, 0.15) is 30.6 Å². The van der Waals surface area contributed by atoms with Gasteiger partial charge in [0.05, 0.1) is 18.0 Å². The molecule has 1 saturated heterocycles. The van der Waals surface area contributed by atoms with Crippen LogP contribution >= 0.6 is 7.60 Å². The van der Waals surface area contributed by atoms with Gasteiger partial charge in [-0.2, -0.15) is 5.26 Å². The maximum absolute atomic E-state index is 14.2. The minimum absolute atomic E-state index is 0.185. The average molecular weight is 507 g/mol. The first kappa shape index (κ1) is 25.2. The number of nitriles is 1. The van der Waals surface area contributed by atoms with Gasteiger partial charge >= 0.3 is 7.60 Å². The smallest absolute Gasteiger partial charge is 0.350 e. The van der Waals surface area contributed by atoms with E-state index in [0.717, 1.165) is 0 Å². The topological polar surface area (TPSA) is 183 Å². The number of rotatable bonds is 8. The molecule has 1 fully saturated rings. The second-order valence-electron chi connectivity index (χ2n) is 8.07. The number of anilines is 1. The molecule has 0 amide bonds. The summed E-state index contributed by atoms with van der Waals surface area (Å²) in [5.74, 6) is -0.329. The van der Waals surface area contributed by atoms with E-state index in [4.69, 9.17) is 19.3 Å². The zero-order valence-corrected chi connectivity index (χ0v) is 19.3. The number of aliphatic hydroxyl groups is 2. The largest absolute Gasteiger partial charge is 0.387 e. The number of ether oxygens (including phenoxy) is 2. The van der Waals surface area contributed by atoms with E-state index < -0.39 is 50.3 Å². The maximum atomic E-state index is 14.2. The van der Waals surface area contributed by atoms with E-state index in [1.807, 2.05) is 6.07 Å². The molecular weight excluding hydrogens is 484 g/mol. The van der Waals surface area contributed by atoms with E-state index >= 15 is 0 Å². The third kappa shape index (κ3) is 5.34. The van der Waals surface area contributed by atoms with Gasteiger partial charge in [-0.15, -0.1) is 0 Å². The summed E-state index contributed by atoms with van der Waals surface area (Å²) < 4.78 is 37.2. The fourth-order valence-corrected chi connectivity index (χ4v) is 4.24. The van der Waals surface area contributed by atoms with Crippen LogP contribution in [0.25, 0.3) is 11.0 Å². The Kier molecular flexibility index (Phi) is 7.16. The van der Waals surface area contributed by atoms with Crippen molar-refractivity contribution in [1.82, 2.24) is 14.5 Å². The highest BCUT2D eigenvalue weighted by Crippen LogP contribution is 2.36. The van der Waals surface area contributed by atoms with Crippen molar-refractivity contribution in [3.8, 4) is 6.07 Å². The second-order valence-corrected chi connectivity index (χ2v) is 9.65. The molecule has 0 unspecified atom stereocenters. The van der Waals surface area contributed by atoms with Crippen molar-refractivity contribution < 1.29 is 38.4 Å². The molecular formula is C21H23FN5O7P. The average Bonchev–Trinajstić information content (AvgIpc) is 3.34. The molecule has 186 valence electrons. The van der Waals surface area contributed by atoms with Crippen LogP contribution in [0.2, 0.25) is 0 Å². The Bertz CT molecular complexity index is 1310. The quantitative estimate of drug-likeness (QED) is 0.278. The molecule has 3 heterocycles. The molecule has 0 bridgehead atoms. The first-order valence-electron chi connectivity index (χ1n) is 10.5. The van der Waals surface area contributed by atoms with Crippen LogP contribution in [0.3, 0.4) is 0 Å². The van der Waals surface area contributed by atoms with Gasteiger partial charge in [-0.05, 0) is 19.1 Å². The SMILES string of the molecule is C[C@@H](Nc1nc(C#N)nc2c1ccn2[C@@H]1O[C@H](COCP(=O)(O)O)[C@@H](O)[C@H]1O)c1ccccc1F. The number of halogens is 1. The molecule has 5 N–H and O–H groups in total. The standard InChI is InChI=1S/C21H23FN5O7P/c1-11(12-4-2-3-5-14(12)22)24-19-13-6-7-27(20(13)26-16(8-23)25-19)21-18(29)17(28)15(34-21)9-33-10-35(30,31)32/h2-7,11,15,17-18,21,28-29H,9-10H2,1H3,(H,24,25,26)(H2,30,31,32)/t11-,15-,17-,18-,21-/m1/s1. The molecule has 0 saturated carbocycles. The number of aliphatic hydroxyl groups excluding tert-OH is 2. The lowest BCUT2D eigenvalue weighted by Gasteiger charge is -2.19. The van der Waals surface area contributed by atoms with Gasteiger partial charge in [0.1, 0.15) is 48.0 Å². The third-order valence-electron chi connectivity index (χ3n) is 5.55. The van der Waals surface area contributed by atoms with Crippen LogP contribution in [0.15, 0.2) is 36.5 Å². The normalized spacial score (nSPS) is 23.3. The van der Waals surface area contributed by atoms with Crippen LogP contribution in [-0.2, 0) is 14.0 Å². The van der Waals surface area contributed by atoms with Crippen molar-refractivity contribution >= 4 is 24.4 Å². The van der Waals surface area contributed by atoms with Crippen molar-refractivity contribution in [3.63, 3.8) is 0 Å². The Morgan fingerprint density at radius 2 is 2.03 bits per heavy atom. The predicted octanol–water partition coefficient (Wildman–Crippen LogP) is 1.39. The summed E-state index contributed by atoms with van der Waals surface area (Å²) in [5.41, 5.74) is 0.612. The van der Waals surface area contributed by atoms with Crippen LogP contribution in [-0.4, -0.2) is 65.8 Å². The molecule has 3 aromatic rings. The van der Waals surface area contributed by atoms with E-state index in [2.05, 4.69) is 15.3 Å². The number of benzene rings is 1. The molecule has 12 nitrogen and oxygen atoms in total. The summed E-state index contributed by atoms with van der Waals surface area (Å²) in [4.78, 5) is 26.2. The number of hydrogen-bond donors (Lipinski definition) is 5. The zero-order valence-electron chi connectivity index (χ0n) is 18.4. The van der Waals surface area contributed by atoms with E-state index in [1.165, 1.54) is 16.8 Å². The van der Waals surface area contributed by atoms with Gasteiger partial charge < -0.3 is 39.4 Å². The Morgan fingerprint density at radius 1 is 1.29 bits per heavy atom. The van der Waals surface area contributed by atoms with Crippen molar-refractivity contribution in [2.75, 3.05) is 18.3 Å². The van der Waals surface area contributed by atoms with Crippen LogP contribution in [0.4, 0.5) is 10.2 Å². The Hall–Kier alpha value is -2.95. The number of hydrogen-bond acceptors (Lipinski definition) is 9. The van der Waals surface area contributed by atoms with Crippen molar-refractivity contribution in [1.29, 1.82) is 5.26 Å². The highest BCUT2D eigenvalue weighted by molar-refractivity contribution is 7.51. The third-order valence-corrected chi connectivity index (χ3v) is 6.07. The van der Waals surface area contributed by atoms with Gasteiger partial charge in [0.2, 0.25) is 5.82 Å². The minimum atomic E-state index is -4.41. The molecule has 35 heavy (non-hydrogen) atoms. The van der Waals surface area contributed by atoms with E-state index in [1.54, 1.807) is 31.2 Å². The summed E-state index contributed by atoms with van der Waals surface area (Å²) >= 11 is 0. The van der Waals surface area contributed by atoms with Crippen LogP contribution in [0.5, 0.6) is 0 Å². The van der Waals surface area contributed by atoms with Crippen LogP contribution < -0.4 is 5.32 Å². The van der Waals surface area contributed by atoms with E-state index in [-0.39, 0.29) is 23.9 Å². The highest BCUT2D eigenvalue weighted by Gasteiger charge is 2.44. The summed E-state index contributed by atoms with van der Waals surface area (Å²) in [6.45, 7) is 1.36. The van der Waals surface area contributed by atoms with Crippen LogP contribution in [0, 0.1) is 17.1 Å². The molecule has 14 heteroatoms. The molecule has 5 atom stereocenters. The minimum Gasteiger partial charge on any atom is -0.387 e. The van der Waals surface area contributed by atoms with Crippen molar-refractivity contribution in [2.24, 2.45) is 0 Å². The first-order valence-corrected chi connectivity index (χ1v) is 12.3. The van der Waals surface area contributed by atoms with Gasteiger partial charge in [0, 0.05) is 11.8 Å². The molecule has 1 aliphatic heterocycles. The van der Waals surface area contributed by atoms with Crippen molar-refractivity contribution in [2.45, 2.75) is 37.5 Å². The van der Waals surface area contributed by atoms with E-state index in [0.29, 0.717) is 10.9 Å². The molecule has 0 aliphatic carbocycles. The second kappa shape index (κ2) is 9.96. The molecule has 4 rings (SSSR count). The molecule has 2 aromatic heterocycles. The van der Waals surface area contributed by atoms with Gasteiger partial charge in [0.25, 0.3) is 0 Å². The molecule has 1 aromatic carbocycles. The maximum Gasteiger partial charge on any atom is 0.350 e. The Morgan fingerprint density at radius 3 is 2.71 bits per heavy atom. The van der Waals surface area contributed by atoms with Gasteiger partial charge in [-0.1, -0.05) is 18.2 Å². The summed E-state index contributed by atoms with van der Waals surface area (Å²) in [6, 6.07) is 9.22. The highest BCUT2D eigenvalue weighted by atomic mass is 31.2. The van der Waals surface area contributed by atoms with Gasteiger partial charge in [-0.3, -0.25) is 4.57 Å². The lowest BCUT2D eigenvalue weighted by atomic mass is 10.1. The summed E-state index contributed by atoms with van der Waals surface area (Å²) in [6.07, 6.45) is -4.38. The fraction of sp³-hybridized carbons (Fsp3) is 0.381. The number of nitrogens with one attached hydrogen (secondary N) is 1. The Balaban J connectivity index is 1.62. The predicted molar refractivity (Wildman–Crippen MR) is 119 cm³/mol. The molecule has 0 spiro atoms. The summed E-state index contributed by atoms with van der Waals surface area (Å²) in [7, 11) is -4.41. The monoisotopic (exact) mass is 507 g/mol. The lowest BCUT2D eigenvalue weighted by Crippen LogP contribution is -2.33. The number of nitrogens with zero attached hydrogens (tertiary/aromatic N) is 4. The Labute approximate surface area is 198 Å². The van der Waals surface area contributed by atoms with Gasteiger partial charge in [0.15, 0.2) is 6.23 Å². The lowest BCUT2D eigenvalue weighted by molar-refractivity contribution is -0.0610. The number of fused-ring (bicyclic) bond motifs is 1. The number of aromatic nitrogens is 3. The van der Waals surface area contributed by atoms with Gasteiger partial charge in [-0.25, -0.2) is 14.4 Å². The van der Waals surface area contributed by atoms with Crippen molar-refractivity contribution in [3.05, 3.63) is 53.7 Å².